The maximum absolute atomic E-state index is 12.7. The summed E-state index contributed by atoms with van der Waals surface area (Å²) < 4.78 is 5.74. The fourth-order valence-corrected chi connectivity index (χ4v) is 4.70. The van der Waals surface area contributed by atoms with Gasteiger partial charge in [-0.2, -0.15) is 0 Å². The third-order valence-corrected chi connectivity index (χ3v) is 6.39. The molecule has 2 aliphatic rings. The van der Waals surface area contributed by atoms with Crippen molar-refractivity contribution in [3.8, 4) is 5.75 Å². The first-order valence-electron chi connectivity index (χ1n) is 9.83. The minimum Gasteiger partial charge on any atom is -0.484 e. The van der Waals surface area contributed by atoms with E-state index in [0.29, 0.717) is 31.7 Å². The molecule has 0 aliphatic carbocycles. The van der Waals surface area contributed by atoms with Crippen LogP contribution in [0.15, 0.2) is 42.5 Å². The van der Waals surface area contributed by atoms with E-state index in [9.17, 15) is 14.7 Å². The van der Waals surface area contributed by atoms with Gasteiger partial charge in [0.25, 0.3) is 5.91 Å². The van der Waals surface area contributed by atoms with Gasteiger partial charge in [-0.1, -0.05) is 30.3 Å². The highest BCUT2D eigenvalue weighted by molar-refractivity contribution is 5.84. The molecule has 6 heteroatoms. The monoisotopic (exact) mass is 382 g/mol. The highest BCUT2D eigenvalue weighted by atomic mass is 16.5. The molecule has 6 nitrogen and oxygen atoms in total. The Morgan fingerprint density at radius 2 is 1.93 bits per heavy atom. The zero-order valence-electron chi connectivity index (χ0n) is 16.1. The van der Waals surface area contributed by atoms with E-state index in [1.807, 2.05) is 49.5 Å². The number of carboxylic acids is 1. The van der Waals surface area contributed by atoms with Gasteiger partial charge in [0.05, 0.1) is 5.41 Å². The number of nitrogens with zero attached hydrogens (tertiary/aromatic N) is 2. The first kappa shape index (κ1) is 18.7. The van der Waals surface area contributed by atoms with Crippen molar-refractivity contribution in [2.24, 2.45) is 5.41 Å². The SMILES string of the molecule is CN1CCC[C@]2(C(=O)O)CCN(C(=O)COc3ccc4ccccc4c3)C[C@@H]12. The number of benzene rings is 2. The number of ether oxygens (including phenoxy) is 1. The number of rotatable bonds is 4. The summed E-state index contributed by atoms with van der Waals surface area (Å²) >= 11 is 0. The smallest absolute Gasteiger partial charge is 0.311 e. The molecule has 1 N–H and O–H groups in total. The van der Waals surface area contributed by atoms with Gasteiger partial charge in [0, 0.05) is 19.1 Å². The van der Waals surface area contributed by atoms with Crippen LogP contribution in [0, 0.1) is 5.41 Å². The third-order valence-electron chi connectivity index (χ3n) is 6.39. The van der Waals surface area contributed by atoms with Crippen LogP contribution in [0.3, 0.4) is 0 Å². The molecule has 2 aromatic carbocycles. The van der Waals surface area contributed by atoms with Crippen molar-refractivity contribution in [1.82, 2.24) is 9.80 Å². The Hall–Kier alpha value is -2.60. The van der Waals surface area contributed by atoms with Crippen LogP contribution in [0.25, 0.3) is 10.8 Å². The average Bonchev–Trinajstić information content (AvgIpc) is 2.71. The molecule has 1 amide bonds. The molecule has 0 bridgehead atoms. The van der Waals surface area contributed by atoms with E-state index in [2.05, 4.69) is 4.90 Å². The van der Waals surface area contributed by atoms with Gasteiger partial charge in [0.15, 0.2) is 6.61 Å². The summed E-state index contributed by atoms with van der Waals surface area (Å²) in [6.07, 6.45) is 2.07. The van der Waals surface area contributed by atoms with Crippen molar-refractivity contribution in [3.05, 3.63) is 42.5 Å². The van der Waals surface area contributed by atoms with Gasteiger partial charge in [-0.3, -0.25) is 9.59 Å². The van der Waals surface area contributed by atoms with E-state index in [0.717, 1.165) is 23.7 Å². The number of carbonyl (C=O) groups is 2. The lowest BCUT2D eigenvalue weighted by molar-refractivity contribution is -0.165. The van der Waals surface area contributed by atoms with Crippen molar-refractivity contribution in [1.29, 1.82) is 0 Å². The van der Waals surface area contributed by atoms with Gasteiger partial charge in [-0.25, -0.2) is 0 Å². The summed E-state index contributed by atoms with van der Waals surface area (Å²) in [5, 5.41) is 12.0. The molecule has 148 valence electrons. The van der Waals surface area contributed by atoms with E-state index in [4.69, 9.17) is 4.74 Å². The van der Waals surface area contributed by atoms with E-state index >= 15 is 0 Å². The highest BCUT2D eigenvalue weighted by Gasteiger charge is 2.52. The summed E-state index contributed by atoms with van der Waals surface area (Å²) in [6.45, 7) is 1.75. The van der Waals surface area contributed by atoms with Crippen LogP contribution in [0.2, 0.25) is 0 Å². The van der Waals surface area contributed by atoms with Crippen LogP contribution in [0.5, 0.6) is 5.75 Å². The topological polar surface area (TPSA) is 70.1 Å². The molecule has 2 aromatic rings. The molecule has 28 heavy (non-hydrogen) atoms. The first-order chi connectivity index (χ1) is 13.5. The van der Waals surface area contributed by atoms with Crippen LogP contribution < -0.4 is 4.74 Å². The van der Waals surface area contributed by atoms with Crippen molar-refractivity contribution >= 4 is 22.6 Å². The van der Waals surface area contributed by atoms with Crippen LogP contribution >= 0.6 is 0 Å². The quantitative estimate of drug-likeness (QED) is 0.880. The minimum atomic E-state index is -0.733. The number of likely N-dealkylation sites (N-methyl/N-ethyl adjacent to an activating group) is 1. The fourth-order valence-electron chi connectivity index (χ4n) is 4.70. The van der Waals surface area contributed by atoms with E-state index in [1.165, 1.54) is 0 Å². The van der Waals surface area contributed by atoms with Gasteiger partial charge in [-0.05, 0) is 55.8 Å². The molecule has 0 spiro atoms. The average molecular weight is 382 g/mol. The number of amides is 1. The Balaban J connectivity index is 1.41. The highest BCUT2D eigenvalue weighted by Crippen LogP contribution is 2.42. The second-order valence-electron chi connectivity index (χ2n) is 7.95. The van der Waals surface area contributed by atoms with E-state index in [-0.39, 0.29) is 18.6 Å². The molecule has 0 unspecified atom stereocenters. The van der Waals surface area contributed by atoms with E-state index < -0.39 is 11.4 Å². The Bertz CT molecular complexity index is 899. The second-order valence-corrected chi connectivity index (χ2v) is 7.95. The second kappa shape index (κ2) is 7.43. The minimum absolute atomic E-state index is 0.0329. The van der Waals surface area contributed by atoms with Crippen LogP contribution in [-0.2, 0) is 9.59 Å². The standard InChI is InChI=1S/C22H26N2O4/c1-23-11-4-9-22(21(26)27)10-12-24(14-19(22)23)20(25)15-28-18-8-7-16-5-2-3-6-17(16)13-18/h2-3,5-8,13,19H,4,9-12,14-15H2,1H3,(H,26,27)/t19-,22+/m1/s1. The molecule has 0 radical (unpaired) electrons. The third kappa shape index (κ3) is 3.33. The summed E-state index contributed by atoms with van der Waals surface area (Å²) in [4.78, 5) is 28.6. The number of hydrogen-bond donors (Lipinski definition) is 1. The molecule has 4 rings (SSSR count). The Kier molecular flexibility index (Phi) is 4.98. The number of carbonyl (C=O) groups excluding carboxylic acids is 1. The van der Waals surface area contributed by atoms with Crippen molar-refractivity contribution < 1.29 is 19.4 Å². The number of fused-ring (bicyclic) bond motifs is 2. The van der Waals surface area contributed by atoms with Gasteiger partial charge < -0.3 is 19.6 Å². The zero-order chi connectivity index (χ0) is 19.7. The zero-order valence-corrected chi connectivity index (χ0v) is 16.1. The Morgan fingerprint density at radius 1 is 1.14 bits per heavy atom. The van der Waals surface area contributed by atoms with Crippen LogP contribution in [0.1, 0.15) is 19.3 Å². The van der Waals surface area contributed by atoms with Gasteiger partial charge in [0.2, 0.25) is 0 Å². The lowest BCUT2D eigenvalue weighted by atomic mass is 9.68. The molecule has 2 saturated heterocycles. The predicted molar refractivity (Wildman–Crippen MR) is 106 cm³/mol. The Labute approximate surface area is 164 Å². The van der Waals surface area contributed by atoms with Gasteiger partial charge in [0.1, 0.15) is 5.75 Å². The number of hydrogen-bond acceptors (Lipinski definition) is 4. The van der Waals surface area contributed by atoms with Crippen LogP contribution in [0.4, 0.5) is 0 Å². The number of piperidine rings is 2. The molecule has 2 fully saturated rings. The maximum Gasteiger partial charge on any atom is 0.311 e. The van der Waals surface area contributed by atoms with Crippen LogP contribution in [-0.4, -0.2) is 66.1 Å². The first-order valence-corrected chi connectivity index (χ1v) is 9.83. The molecular weight excluding hydrogens is 356 g/mol. The molecule has 2 atom stereocenters. The summed E-state index contributed by atoms with van der Waals surface area (Å²) in [6, 6.07) is 13.7. The van der Waals surface area contributed by atoms with Crippen molar-refractivity contribution in [3.63, 3.8) is 0 Å². The normalized spacial score (nSPS) is 25.3. The van der Waals surface area contributed by atoms with E-state index in [1.54, 1.807) is 4.90 Å². The molecule has 0 aromatic heterocycles. The van der Waals surface area contributed by atoms with Gasteiger partial charge >= 0.3 is 5.97 Å². The molecular formula is C22H26N2O4. The Morgan fingerprint density at radius 3 is 2.71 bits per heavy atom. The predicted octanol–water partition coefficient (Wildman–Crippen LogP) is 2.62. The molecule has 2 aliphatic heterocycles. The van der Waals surface area contributed by atoms with Crippen molar-refractivity contribution in [2.75, 3.05) is 33.3 Å². The lowest BCUT2D eigenvalue weighted by Crippen LogP contribution is -2.64. The number of aliphatic carboxylic acids is 1. The summed E-state index contributed by atoms with van der Waals surface area (Å²) in [5.74, 6) is -0.159. The fraction of sp³-hybridized carbons (Fsp3) is 0.455. The molecule has 2 heterocycles. The summed E-state index contributed by atoms with van der Waals surface area (Å²) in [7, 11) is 1.96. The van der Waals surface area contributed by atoms with Gasteiger partial charge in [-0.15, -0.1) is 0 Å². The molecule has 0 saturated carbocycles. The largest absolute Gasteiger partial charge is 0.484 e. The number of likely N-dealkylation sites (tertiary alicyclic amines) is 2. The maximum atomic E-state index is 12.7. The lowest BCUT2D eigenvalue weighted by Gasteiger charge is -2.51. The summed E-state index contributed by atoms with van der Waals surface area (Å²) in [5.41, 5.74) is -0.733. The van der Waals surface area contributed by atoms with Crippen molar-refractivity contribution in [2.45, 2.75) is 25.3 Å². The number of carboxylic acid groups (broad SMARTS) is 1.